The van der Waals surface area contributed by atoms with Gasteiger partial charge in [-0.2, -0.15) is 5.10 Å². The fourth-order valence-corrected chi connectivity index (χ4v) is 2.12. The van der Waals surface area contributed by atoms with E-state index in [1.807, 2.05) is 13.8 Å². The summed E-state index contributed by atoms with van der Waals surface area (Å²) < 4.78 is 10.8. The fraction of sp³-hybridized carbons (Fsp3) is 0.294. The van der Waals surface area contributed by atoms with E-state index in [0.717, 1.165) is 5.69 Å². The molecule has 0 bridgehead atoms. The van der Waals surface area contributed by atoms with Crippen LogP contribution in [0.4, 0.5) is 5.69 Å². The van der Waals surface area contributed by atoms with Crippen LogP contribution >= 0.6 is 0 Å². The van der Waals surface area contributed by atoms with Crippen LogP contribution in [-0.2, 0) is 6.61 Å². The Morgan fingerprint density at radius 1 is 1.28 bits per heavy atom. The van der Waals surface area contributed by atoms with Gasteiger partial charge >= 0.3 is 0 Å². The van der Waals surface area contributed by atoms with Crippen LogP contribution in [0.25, 0.3) is 0 Å². The van der Waals surface area contributed by atoms with E-state index in [9.17, 15) is 4.79 Å². The Hall–Kier alpha value is -3.16. The Bertz CT molecular complexity index is 851. The highest BCUT2D eigenvalue weighted by Gasteiger charge is 2.12. The van der Waals surface area contributed by atoms with Gasteiger partial charge < -0.3 is 14.5 Å². The monoisotopic (exact) mass is 341 g/mol. The summed E-state index contributed by atoms with van der Waals surface area (Å²) >= 11 is 0. The van der Waals surface area contributed by atoms with Crippen LogP contribution in [0.15, 0.2) is 34.7 Å². The summed E-state index contributed by atoms with van der Waals surface area (Å²) in [6, 6.07) is 8.76. The van der Waals surface area contributed by atoms with Gasteiger partial charge in [0.25, 0.3) is 11.8 Å². The zero-order valence-electron chi connectivity index (χ0n) is 14.2. The molecule has 2 heterocycles. The molecule has 0 aliphatic carbocycles. The number of aromatic amines is 1. The van der Waals surface area contributed by atoms with Gasteiger partial charge in [-0.15, -0.1) is 10.2 Å². The van der Waals surface area contributed by atoms with Gasteiger partial charge in [0.05, 0.1) is 0 Å². The van der Waals surface area contributed by atoms with Crippen molar-refractivity contribution >= 4 is 11.6 Å². The van der Waals surface area contributed by atoms with E-state index in [1.54, 1.807) is 37.3 Å². The molecule has 0 radical (unpaired) electrons. The highest BCUT2D eigenvalue weighted by atomic mass is 16.5. The second-order valence-corrected chi connectivity index (χ2v) is 5.85. The molecule has 3 rings (SSSR count). The van der Waals surface area contributed by atoms with E-state index in [4.69, 9.17) is 9.15 Å². The van der Waals surface area contributed by atoms with Crippen LogP contribution in [0, 0.1) is 6.92 Å². The van der Waals surface area contributed by atoms with Crippen molar-refractivity contribution in [2.24, 2.45) is 0 Å². The SMILES string of the molecule is Cc1nnc(COc2ccc(NC(=O)c3cc(C(C)C)[nH]n3)cc2)o1. The molecule has 8 heteroatoms. The summed E-state index contributed by atoms with van der Waals surface area (Å²) in [5.41, 5.74) is 1.93. The highest BCUT2D eigenvalue weighted by molar-refractivity contribution is 6.02. The van der Waals surface area contributed by atoms with Crippen LogP contribution in [0.5, 0.6) is 5.75 Å². The number of aromatic nitrogens is 4. The van der Waals surface area contributed by atoms with E-state index in [2.05, 4.69) is 25.7 Å². The summed E-state index contributed by atoms with van der Waals surface area (Å²) in [4.78, 5) is 12.2. The van der Waals surface area contributed by atoms with Crippen molar-refractivity contribution in [3.8, 4) is 5.75 Å². The Morgan fingerprint density at radius 3 is 2.64 bits per heavy atom. The molecule has 2 aromatic heterocycles. The minimum absolute atomic E-state index is 0.192. The number of benzene rings is 1. The number of hydrogen-bond acceptors (Lipinski definition) is 6. The molecule has 25 heavy (non-hydrogen) atoms. The van der Waals surface area contributed by atoms with Crippen molar-refractivity contribution in [2.45, 2.75) is 33.3 Å². The number of amides is 1. The molecule has 0 fully saturated rings. The molecular weight excluding hydrogens is 322 g/mol. The number of nitrogens with one attached hydrogen (secondary N) is 2. The molecule has 8 nitrogen and oxygen atoms in total. The van der Waals surface area contributed by atoms with Crippen molar-refractivity contribution in [1.29, 1.82) is 0 Å². The molecule has 2 N–H and O–H groups in total. The second kappa shape index (κ2) is 7.16. The number of nitrogens with zero attached hydrogens (tertiary/aromatic N) is 3. The lowest BCUT2D eigenvalue weighted by atomic mass is 10.1. The molecule has 1 aromatic carbocycles. The maximum atomic E-state index is 12.2. The molecule has 1 amide bonds. The maximum absolute atomic E-state index is 12.2. The van der Waals surface area contributed by atoms with Crippen molar-refractivity contribution in [2.75, 3.05) is 5.32 Å². The number of ether oxygens (including phenoxy) is 1. The second-order valence-electron chi connectivity index (χ2n) is 5.85. The average molecular weight is 341 g/mol. The quantitative estimate of drug-likeness (QED) is 0.714. The number of carbonyl (C=O) groups excluding carboxylic acids is 1. The van der Waals surface area contributed by atoms with Crippen molar-refractivity contribution in [3.63, 3.8) is 0 Å². The van der Waals surface area contributed by atoms with Crippen molar-refractivity contribution < 1.29 is 13.9 Å². The predicted molar refractivity (Wildman–Crippen MR) is 90.4 cm³/mol. The zero-order valence-corrected chi connectivity index (χ0v) is 14.2. The largest absolute Gasteiger partial charge is 0.484 e. The molecule has 3 aromatic rings. The number of aryl methyl sites for hydroxylation is 1. The zero-order chi connectivity index (χ0) is 17.8. The lowest BCUT2D eigenvalue weighted by Gasteiger charge is -2.06. The van der Waals surface area contributed by atoms with Crippen molar-refractivity contribution in [1.82, 2.24) is 20.4 Å². The Labute approximate surface area is 144 Å². The van der Waals surface area contributed by atoms with Crippen LogP contribution in [0.1, 0.15) is 47.7 Å². The molecule has 0 aliphatic rings. The van der Waals surface area contributed by atoms with E-state index in [1.165, 1.54) is 0 Å². The first-order valence-corrected chi connectivity index (χ1v) is 7.90. The number of anilines is 1. The smallest absolute Gasteiger partial charge is 0.276 e. The molecule has 0 spiro atoms. The Kier molecular flexibility index (Phi) is 4.78. The van der Waals surface area contributed by atoms with E-state index in [0.29, 0.717) is 28.9 Å². The third kappa shape index (κ3) is 4.23. The van der Waals surface area contributed by atoms with Crippen LogP contribution in [0.3, 0.4) is 0 Å². The standard InChI is InChI=1S/C17H19N5O3/c1-10(2)14-8-15(21-20-14)17(23)18-12-4-6-13(7-5-12)24-9-16-22-19-11(3)25-16/h4-8,10H,9H2,1-3H3,(H,18,23)(H,20,21). The van der Waals surface area contributed by atoms with E-state index in [-0.39, 0.29) is 18.4 Å². The predicted octanol–water partition coefficient (Wildman–Crippen LogP) is 3.06. The van der Waals surface area contributed by atoms with E-state index >= 15 is 0 Å². The first kappa shape index (κ1) is 16.7. The maximum Gasteiger partial charge on any atom is 0.276 e. The van der Waals surface area contributed by atoms with Crippen LogP contribution < -0.4 is 10.1 Å². The van der Waals surface area contributed by atoms with Gasteiger partial charge in [-0.1, -0.05) is 13.8 Å². The molecule has 0 atom stereocenters. The molecule has 0 unspecified atom stereocenters. The third-order valence-electron chi connectivity index (χ3n) is 3.49. The van der Waals surface area contributed by atoms with Gasteiger partial charge in [0.1, 0.15) is 5.75 Å². The Morgan fingerprint density at radius 2 is 2.04 bits per heavy atom. The van der Waals surface area contributed by atoms with Gasteiger partial charge in [0.15, 0.2) is 12.3 Å². The highest BCUT2D eigenvalue weighted by Crippen LogP contribution is 2.18. The minimum Gasteiger partial charge on any atom is -0.484 e. The molecule has 0 saturated carbocycles. The summed E-state index contributed by atoms with van der Waals surface area (Å²) in [7, 11) is 0. The third-order valence-corrected chi connectivity index (χ3v) is 3.49. The van der Waals surface area contributed by atoms with E-state index < -0.39 is 0 Å². The summed E-state index contributed by atoms with van der Waals surface area (Å²) in [6.45, 7) is 5.97. The van der Waals surface area contributed by atoms with Crippen molar-refractivity contribution in [3.05, 3.63) is 53.5 Å². The summed E-state index contributed by atoms with van der Waals surface area (Å²) in [5.74, 6) is 1.56. The van der Waals surface area contributed by atoms with Crippen LogP contribution in [-0.4, -0.2) is 26.3 Å². The fourth-order valence-electron chi connectivity index (χ4n) is 2.12. The molecule has 130 valence electrons. The first-order chi connectivity index (χ1) is 12.0. The van der Waals surface area contributed by atoms with Crippen LogP contribution in [0.2, 0.25) is 0 Å². The number of rotatable bonds is 6. The number of H-pyrrole nitrogens is 1. The molecule has 0 aliphatic heterocycles. The molecule has 0 saturated heterocycles. The van der Waals surface area contributed by atoms with Gasteiger partial charge in [0.2, 0.25) is 5.89 Å². The van der Waals surface area contributed by atoms with Gasteiger partial charge in [-0.25, -0.2) is 0 Å². The number of carbonyl (C=O) groups is 1. The van der Waals surface area contributed by atoms with Gasteiger partial charge in [-0.3, -0.25) is 9.89 Å². The topological polar surface area (TPSA) is 106 Å². The lowest BCUT2D eigenvalue weighted by molar-refractivity contribution is 0.102. The number of hydrogen-bond donors (Lipinski definition) is 2. The molecular formula is C17H19N5O3. The average Bonchev–Trinajstić information content (AvgIpc) is 3.23. The minimum atomic E-state index is -0.266. The normalized spacial score (nSPS) is 10.9. The van der Waals surface area contributed by atoms with Gasteiger partial charge in [-0.05, 0) is 36.2 Å². The summed E-state index contributed by atoms with van der Waals surface area (Å²) in [5, 5.41) is 17.3. The van der Waals surface area contributed by atoms with Gasteiger partial charge in [0, 0.05) is 18.3 Å². The lowest BCUT2D eigenvalue weighted by Crippen LogP contribution is -2.12. The summed E-state index contributed by atoms with van der Waals surface area (Å²) in [6.07, 6.45) is 0. The Balaban J connectivity index is 1.57. The first-order valence-electron chi connectivity index (χ1n) is 7.90.